The molecule has 2 aromatic heterocycles. The molecule has 0 spiro atoms. The Morgan fingerprint density at radius 3 is 2.69 bits per heavy atom. The van der Waals surface area contributed by atoms with Gasteiger partial charge in [0, 0.05) is 45.1 Å². The molecule has 0 saturated carbocycles. The molecule has 0 aromatic carbocycles. The van der Waals surface area contributed by atoms with E-state index in [1.807, 2.05) is 6.07 Å². The molecule has 1 amide bonds. The first-order valence-corrected chi connectivity index (χ1v) is 9.12. The Balaban J connectivity index is 1.47. The number of aromatic nitrogens is 3. The van der Waals surface area contributed by atoms with Crippen molar-refractivity contribution in [2.75, 3.05) is 37.6 Å². The minimum absolute atomic E-state index is 0.175. The van der Waals surface area contributed by atoms with Crippen LogP contribution in [0.25, 0.3) is 0 Å². The van der Waals surface area contributed by atoms with Crippen molar-refractivity contribution < 1.29 is 9.21 Å². The molecular formula is C18H26N6O2. The van der Waals surface area contributed by atoms with Gasteiger partial charge < -0.3 is 14.6 Å². The highest BCUT2D eigenvalue weighted by atomic mass is 16.3. The monoisotopic (exact) mass is 358 g/mol. The van der Waals surface area contributed by atoms with Crippen LogP contribution in [0.3, 0.4) is 0 Å². The molecule has 0 bridgehead atoms. The number of hydrogen-bond donors (Lipinski definition) is 1. The molecular weight excluding hydrogens is 332 g/mol. The zero-order valence-electron chi connectivity index (χ0n) is 15.4. The Morgan fingerprint density at radius 2 is 2.00 bits per heavy atom. The van der Waals surface area contributed by atoms with Crippen molar-refractivity contribution in [1.82, 2.24) is 25.2 Å². The van der Waals surface area contributed by atoms with E-state index >= 15 is 0 Å². The summed E-state index contributed by atoms with van der Waals surface area (Å²) in [5.74, 6) is 1.62. The van der Waals surface area contributed by atoms with E-state index < -0.39 is 0 Å². The number of amides is 1. The van der Waals surface area contributed by atoms with Crippen molar-refractivity contribution in [3.63, 3.8) is 0 Å². The van der Waals surface area contributed by atoms with Gasteiger partial charge in [-0.05, 0) is 12.0 Å². The Hall–Kier alpha value is -2.48. The molecule has 2 aromatic rings. The van der Waals surface area contributed by atoms with Crippen LogP contribution in [0.2, 0.25) is 0 Å². The highest BCUT2D eigenvalue weighted by molar-refractivity contribution is 5.91. The first-order valence-electron chi connectivity index (χ1n) is 9.12. The molecule has 140 valence electrons. The second-order valence-electron chi connectivity index (χ2n) is 6.66. The summed E-state index contributed by atoms with van der Waals surface area (Å²) >= 11 is 0. The van der Waals surface area contributed by atoms with Crippen molar-refractivity contribution in [1.29, 1.82) is 0 Å². The first-order chi connectivity index (χ1) is 12.7. The lowest BCUT2D eigenvalue weighted by Crippen LogP contribution is -2.46. The van der Waals surface area contributed by atoms with Crippen LogP contribution in [0.15, 0.2) is 29.1 Å². The van der Waals surface area contributed by atoms with Gasteiger partial charge in [-0.3, -0.25) is 9.69 Å². The number of nitrogens with zero attached hydrogens (tertiary/aromatic N) is 5. The first kappa shape index (κ1) is 18.3. The normalized spacial score (nSPS) is 16.5. The molecule has 0 radical (unpaired) electrons. The number of nitrogens with one attached hydrogen (secondary N) is 1. The number of carbonyl (C=O) groups excluding carboxylic acids is 1. The molecule has 0 aliphatic carbocycles. The molecule has 26 heavy (non-hydrogen) atoms. The highest BCUT2D eigenvalue weighted by Crippen LogP contribution is 2.12. The average molecular weight is 358 g/mol. The van der Waals surface area contributed by atoms with Crippen LogP contribution in [0.1, 0.15) is 36.6 Å². The van der Waals surface area contributed by atoms with E-state index in [4.69, 9.17) is 4.42 Å². The van der Waals surface area contributed by atoms with Gasteiger partial charge in [-0.1, -0.05) is 20.3 Å². The third-order valence-electron chi connectivity index (χ3n) is 4.66. The van der Waals surface area contributed by atoms with Crippen LogP contribution in [0, 0.1) is 5.92 Å². The average Bonchev–Trinajstić information content (AvgIpc) is 3.15. The number of oxazole rings is 1. The van der Waals surface area contributed by atoms with E-state index in [0.717, 1.165) is 38.5 Å². The largest absolute Gasteiger partial charge is 0.447 e. The van der Waals surface area contributed by atoms with Gasteiger partial charge in [-0.15, -0.1) is 0 Å². The lowest BCUT2D eigenvalue weighted by molar-refractivity contribution is 0.0942. The second kappa shape index (κ2) is 8.75. The molecule has 3 rings (SSSR count). The maximum Gasteiger partial charge on any atom is 0.273 e. The van der Waals surface area contributed by atoms with Gasteiger partial charge in [-0.25, -0.2) is 15.0 Å². The number of anilines is 1. The van der Waals surface area contributed by atoms with Crippen molar-refractivity contribution >= 4 is 11.9 Å². The SMILES string of the molecule is CC[C@H](C)CNC(=O)c1coc(CN2CCN(c3ncccn3)CC2)n1. The maximum atomic E-state index is 12.1. The fourth-order valence-electron chi connectivity index (χ4n) is 2.74. The van der Waals surface area contributed by atoms with E-state index in [0.29, 0.717) is 30.6 Å². The smallest absolute Gasteiger partial charge is 0.273 e. The van der Waals surface area contributed by atoms with E-state index in [1.54, 1.807) is 12.4 Å². The van der Waals surface area contributed by atoms with Gasteiger partial charge in [0.2, 0.25) is 11.8 Å². The Bertz CT molecular complexity index is 697. The summed E-state index contributed by atoms with van der Waals surface area (Å²) < 4.78 is 5.48. The van der Waals surface area contributed by atoms with Crippen LogP contribution in [-0.4, -0.2) is 58.5 Å². The third-order valence-corrected chi connectivity index (χ3v) is 4.66. The summed E-state index contributed by atoms with van der Waals surface area (Å²) in [7, 11) is 0. The lowest BCUT2D eigenvalue weighted by Gasteiger charge is -2.33. The lowest BCUT2D eigenvalue weighted by atomic mass is 10.1. The number of rotatable bonds is 7. The molecule has 1 fully saturated rings. The molecule has 1 aliphatic heterocycles. The standard InChI is InChI=1S/C18H26N6O2/c1-3-14(2)11-21-17(25)15-13-26-16(22-15)12-23-7-9-24(10-8-23)18-19-5-4-6-20-18/h4-6,13-14H,3,7-12H2,1-2H3,(H,21,25)/t14-/m0/s1. The van der Waals surface area contributed by atoms with Crippen molar-refractivity contribution in [2.45, 2.75) is 26.8 Å². The van der Waals surface area contributed by atoms with Crippen molar-refractivity contribution in [3.05, 3.63) is 36.3 Å². The molecule has 1 saturated heterocycles. The Labute approximate surface area is 153 Å². The topological polar surface area (TPSA) is 87.4 Å². The van der Waals surface area contributed by atoms with Crippen molar-refractivity contribution in [2.24, 2.45) is 5.92 Å². The Kier molecular flexibility index (Phi) is 6.17. The molecule has 8 nitrogen and oxygen atoms in total. The zero-order chi connectivity index (χ0) is 18.4. The summed E-state index contributed by atoms with van der Waals surface area (Å²) in [6, 6.07) is 1.82. The summed E-state index contributed by atoms with van der Waals surface area (Å²) in [6.45, 7) is 8.92. The van der Waals surface area contributed by atoms with Gasteiger partial charge in [0.25, 0.3) is 5.91 Å². The number of carbonyl (C=O) groups is 1. The van der Waals surface area contributed by atoms with E-state index in [2.05, 4.69) is 43.9 Å². The van der Waals surface area contributed by atoms with E-state index in [1.165, 1.54) is 6.26 Å². The summed E-state index contributed by atoms with van der Waals surface area (Å²) in [5.41, 5.74) is 0.347. The van der Waals surface area contributed by atoms with Gasteiger partial charge >= 0.3 is 0 Å². The molecule has 1 aliphatic rings. The predicted octanol–water partition coefficient (Wildman–Crippen LogP) is 1.56. The summed E-state index contributed by atoms with van der Waals surface area (Å²) in [6.07, 6.45) is 5.99. The van der Waals surface area contributed by atoms with E-state index in [-0.39, 0.29) is 5.91 Å². The molecule has 8 heteroatoms. The summed E-state index contributed by atoms with van der Waals surface area (Å²) in [4.78, 5) is 29.4. The fourth-order valence-corrected chi connectivity index (χ4v) is 2.74. The minimum atomic E-state index is -0.175. The number of hydrogen-bond acceptors (Lipinski definition) is 7. The fraction of sp³-hybridized carbons (Fsp3) is 0.556. The van der Waals surface area contributed by atoms with E-state index in [9.17, 15) is 4.79 Å². The van der Waals surface area contributed by atoms with Crippen LogP contribution in [0.4, 0.5) is 5.95 Å². The molecule has 1 N–H and O–H groups in total. The highest BCUT2D eigenvalue weighted by Gasteiger charge is 2.21. The van der Waals surface area contributed by atoms with Gasteiger partial charge in [0.05, 0.1) is 6.54 Å². The van der Waals surface area contributed by atoms with Crippen LogP contribution in [-0.2, 0) is 6.54 Å². The molecule has 0 unspecified atom stereocenters. The summed E-state index contributed by atoms with van der Waals surface area (Å²) in [5, 5.41) is 2.89. The second-order valence-corrected chi connectivity index (χ2v) is 6.66. The van der Waals surface area contributed by atoms with Crippen LogP contribution in [0.5, 0.6) is 0 Å². The maximum absolute atomic E-state index is 12.1. The molecule has 1 atom stereocenters. The Morgan fingerprint density at radius 1 is 1.27 bits per heavy atom. The van der Waals surface area contributed by atoms with Crippen molar-refractivity contribution in [3.8, 4) is 0 Å². The van der Waals surface area contributed by atoms with Gasteiger partial charge in [0.1, 0.15) is 6.26 Å². The van der Waals surface area contributed by atoms with Gasteiger partial charge in [0.15, 0.2) is 5.69 Å². The van der Waals surface area contributed by atoms with Gasteiger partial charge in [-0.2, -0.15) is 0 Å². The van der Waals surface area contributed by atoms with Crippen LogP contribution < -0.4 is 10.2 Å². The van der Waals surface area contributed by atoms with Crippen LogP contribution >= 0.6 is 0 Å². The molecule has 3 heterocycles. The minimum Gasteiger partial charge on any atom is -0.447 e. The number of piperazine rings is 1. The predicted molar refractivity (Wildman–Crippen MR) is 97.8 cm³/mol. The quantitative estimate of drug-likeness (QED) is 0.804. The zero-order valence-corrected chi connectivity index (χ0v) is 15.4. The third kappa shape index (κ3) is 4.78.